The van der Waals surface area contributed by atoms with Gasteiger partial charge in [-0.2, -0.15) is 0 Å². The number of benzene rings is 2. The van der Waals surface area contributed by atoms with E-state index in [1.54, 1.807) is 20.0 Å². The highest BCUT2D eigenvalue weighted by Crippen LogP contribution is 2.21. The molecule has 1 heterocycles. The van der Waals surface area contributed by atoms with E-state index in [-0.39, 0.29) is 11.7 Å². The highest BCUT2D eigenvalue weighted by Gasteiger charge is 2.17. The van der Waals surface area contributed by atoms with Crippen molar-refractivity contribution in [2.24, 2.45) is 0 Å². The molecule has 122 valence electrons. The van der Waals surface area contributed by atoms with Crippen molar-refractivity contribution in [2.75, 3.05) is 11.9 Å². The largest absolute Gasteiger partial charge is 0.489 e. The van der Waals surface area contributed by atoms with Gasteiger partial charge in [0.1, 0.15) is 12.4 Å². The summed E-state index contributed by atoms with van der Waals surface area (Å²) in [6.07, 6.45) is 0. The summed E-state index contributed by atoms with van der Waals surface area (Å²) in [5.41, 5.74) is 2.53. The number of carbonyl (C=O) groups excluding carboxylic acids is 1. The summed E-state index contributed by atoms with van der Waals surface area (Å²) < 4.78 is 10.8. The smallest absolute Gasteiger partial charge is 0.296 e. The number of anilines is 1. The number of hydrogen-bond acceptors (Lipinski definition) is 4. The summed E-state index contributed by atoms with van der Waals surface area (Å²) in [4.78, 5) is 13.8. The Morgan fingerprint density at radius 1 is 1.12 bits per heavy atom. The van der Waals surface area contributed by atoms with Crippen LogP contribution in [0.4, 0.5) is 5.69 Å². The average Bonchev–Trinajstić information content (AvgIpc) is 3.06. The van der Waals surface area contributed by atoms with Gasteiger partial charge in [-0.1, -0.05) is 35.5 Å². The van der Waals surface area contributed by atoms with Crippen LogP contribution in [-0.4, -0.2) is 18.1 Å². The van der Waals surface area contributed by atoms with Crippen molar-refractivity contribution >= 4 is 11.6 Å². The quantitative estimate of drug-likeness (QED) is 0.716. The van der Waals surface area contributed by atoms with Crippen LogP contribution >= 0.6 is 0 Å². The zero-order valence-corrected chi connectivity index (χ0v) is 13.6. The molecule has 5 nitrogen and oxygen atoms in total. The molecule has 24 heavy (non-hydrogen) atoms. The second kappa shape index (κ2) is 7.00. The minimum absolute atomic E-state index is 0.222. The fourth-order valence-electron chi connectivity index (χ4n) is 2.25. The third-order valence-electron chi connectivity index (χ3n) is 3.62. The van der Waals surface area contributed by atoms with Crippen LogP contribution in [0, 0.1) is 6.92 Å². The molecule has 0 N–H and O–H groups in total. The van der Waals surface area contributed by atoms with E-state index >= 15 is 0 Å². The average molecular weight is 322 g/mol. The van der Waals surface area contributed by atoms with Crippen molar-refractivity contribution in [1.29, 1.82) is 0 Å². The molecule has 0 radical (unpaired) electrons. The maximum absolute atomic E-state index is 12.3. The summed E-state index contributed by atoms with van der Waals surface area (Å²) in [7, 11) is 1.69. The number of aromatic nitrogens is 1. The van der Waals surface area contributed by atoms with Crippen molar-refractivity contribution in [2.45, 2.75) is 13.5 Å². The normalized spacial score (nSPS) is 10.4. The zero-order chi connectivity index (χ0) is 16.9. The Hall–Kier alpha value is -3.08. The van der Waals surface area contributed by atoms with Crippen molar-refractivity contribution in [3.8, 4) is 5.75 Å². The number of nitrogens with zero attached hydrogens (tertiary/aromatic N) is 2. The first-order valence-electron chi connectivity index (χ1n) is 7.61. The molecule has 0 aliphatic carbocycles. The first-order chi connectivity index (χ1) is 11.6. The Labute approximate surface area is 140 Å². The minimum Gasteiger partial charge on any atom is -0.489 e. The molecule has 1 aromatic heterocycles. The summed E-state index contributed by atoms with van der Waals surface area (Å²) in [5, 5.41) is 3.74. The molecule has 0 fully saturated rings. The van der Waals surface area contributed by atoms with Gasteiger partial charge in [-0.15, -0.1) is 0 Å². The van der Waals surface area contributed by atoms with Crippen LogP contribution < -0.4 is 9.64 Å². The SMILES string of the molecule is Cc1cc(C(=O)N(C)c2ccc(OCc3ccccc3)cc2)on1. The monoisotopic (exact) mass is 322 g/mol. The van der Waals surface area contributed by atoms with E-state index < -0.39 is 0 Å². The molecule has 0 saturated carbocycles. The second-order valence-corrected chi connectivity index (χ2v) is 5.46. The van der Waals surface area contributed by atoms with Gasteiger partial charge in [0.15, 0.2) is 0 Å². The van der Waals surface area contributed by atoms with Crippen LogP contribution in [0.2, 0.25) is 0 Å². The van der Waals surface area contributed by atoms with Gasteiger partial charge >= 0.3 is 0 Å². The van der Waals surface area contributed by atoms with Gasteiger partial charge < -0.3 is 14.2 Å². The molecule has 3 rings (SSSR count). The van der Waals surface area contributed by atoms with Crippen molar-refractivity contribution in [3.05, 3.63) is 77.7 Å². The maximum atomic E-state index is 12.3. The van der Waals surface area contributed by atoms with E-state index in [2.05, 4.69) is 5.16 Å². The molecule has 0 spiro atoms. The van der Waals surface area contributed by atoms with Crippen molar-refractivity contribution in [1.82, 2.24) is 5.16 Å². The Morgan fingerprint density at radius 2 is 1.83 bits per heavy atom. The zero-order valence-electron chi connectivity index (χ0n) is 13.6. The molecular weight excluding hydrogens is 304 g/mol. The van der Waals surface area contributed by atoms with Crippen LogP contribution in [0.15, 0.2) is 65.2 Å². The van der Waals surface area contributed by atoms with Gasteiger partial charge in [0.2, 0.25) is 5.76 Å². The van der Waals surface area contributed by atoms with E-state index in [4.69, 9.17) is 9.26 Å². The van der Waals surface area contributed by atoms with E-state index in [1.807, 2.05) is 54.6 Å². The Morgan fingerprint density at radius 3 is 2.46 bits per heavy atom. The van der Waals surface area contributed by atoms with E-state index in [9.17, 15) is 4.79 Å². The van der Waals surface area contributed by atoms with Gasteiger partial charge in [0, 0.05) is 18.8 Å². The highest BCUT2D eigenvalue weighted by molar-refractivity contribution is 6.03. The van der Waals surface area contributed by atoms with Crippen molar-refractivity contribution < 1.29 is 14.1 Å². The predicted molar refractivity (Wildman–Crippen MR) is 91.2 cm³/mol. The molecular formula is C19H18N2O3. The number of aryl methyl sites for hydroxylation is 1. The van der Waals surface area contributed by atoms with Crippen LogP contribution in [0.5, 0.6) is 5.75 Å². The number of amides is 1. The fourth-order valence-corrected chi connectivity index (χ4v) is 2.25. The summed E-state index contributed by atoms with van der Waals surface area (Å²) in [6.45, 7) is 2.28. The number of ether oxygens (including phenoxy) is 1. The van der Waals surface area contributed by atoms with Crippen LogP contribution in [0.1, 0.15) is 21.8 Å². The molecule has 0 unspecified atom stereocenters. The van der Waals surface area contributed by atoms with Gasteiger partial charge in [-0.05, 0) is 36.8 Å². The van der Waals surface area contributed by atoms with Crippen LogP contribution in [0.3, 0.4) is 0 Å². The molecule has 0 aliphatic rings. The third kappa shape index (κ3) is 3.63. The first kappa shape index (κ1) is 15.8. The lowest BCUT2D eigenvalue weighted by Crippen LogP contribution is -2.25. The summed E-state index contributed by atoms with van der Waals surface area (Å²) in [5.74, 6) is 0.729. The van der Waals surface area contributed by atoms with E-state index in [0.29, 0.717) is 12.3 Å². The Kier molecular flexibility index (Phi) is 4.61. The van der Waals surface area contributed by atoms with Gasteiger partial charge in [-0.25, -0.2) is 0 Å². The van der Waals surface area contributed by atoms with Crippen LogP contribution in [0.25, 0.3) is 0 Å². The molecule has 0 atom stereocenters. The molecule has 2 aromatic carbocycles. The second-order valence-electron chi connectivity index (χ2n) is 5.46. The number of rotatable bonds is 5. The standard InChI is InChI=1S/C19H18N2O3/c1-14-12-18(24-20-14)19(22)21(2)16-8-10-17(11-9-16)23-13-15-6-4-3-5-7-15/h3-12H,13H2,1-2H3. The molecule has 3 aromatic rings. The molecule has 1 amide bonds. The molecule has 0 saturated heterocycles. The van der Waals surface area contributed by atoms with E-state index in [1.165, 1.54) is 4.90 Å². The van der Waals surface area contributed by atoms with Gasteiger partial charge in [0.05, 0.1) is 5.69 Å². The first-order valence-corrected chi connectivity index (χ1v) is 7.61. The number of hydrogen-bond donors (Lipinski definition) is 0. The Balaban J connectivity index is 1.64. The maximum Gasteiger partial charge on any atom is 0.296 e. The molecule has 0 bridgehead atoms. The van der Waals surface area contributed by atoms with Gasteiger partial charge in [-0.3, -0.25) is 4.79 Å². The Bertz CT molecular complexity index is 810. The van der Waals surface area contributed by atoms with Crippen LogP contribution in [-0.2, 0) is 6.61 Å². The molecule has 5 heteroatoms. The fraction of sp³-hybridized carbons (Fsp3) is 0.158. The summed E-state index contributed by atoms with van der Waals surface area (Å²) in [6, 6.07) is 18.9. The lowest BCUT2D eigenvalue weighted by Gasteiger charge is -2.16. The summed E-state index contributed by atoms with van der Waals surface area (Å²) >= 11 is 0. The predicted octanol–water partition coefficient (Wildman–Crippen LogP) is 3.84. The lowest BCUT2D eigenvalue weighted by molar-refractivity contribution is 0.0957. The number of carbonyl (C=O) groups is 1. The van der Waals surface area contributed by atoms with E-state index in [0.717, 1.165) is 17.0 Å². The van der Waals surface area contributed by atoms with Crippen molar-refractivity contribution in [3.63, 3.8) is 0 Å². The van der Waals surface area contributed by atoms with Gasteiger partial charge in [0.25, 0.3) is 5.91 Å². The lowest BCUT2D eigenvalue weighted by atomic mass is 10.2. The third-order valence-corrected chi connectivity index (χ3v) is 3.62. The highest BCUT2D eigenvalue weighted by atomic mass is 16.5. The molecule has 0 aliphatic heterocycles. The minimum atomic E-state index is -0.242. The topological polar surface area (TPSA) is 55.6 Å².